The van der Waals surface area contributed by atoms with E-state index in [1.165, 1.54) is 81.9 Å². The van der Waals surface area contributed by atoms with Gasteiger partial charge in [0.15, 0.2) is 0 Å². The van der Waals surface area contributed by atoms with Gasteiger partial charge >= 0.3 is 6.18 Å². The average Bonchev–Trinajstić information content (AvgIpc) is 0.845. The number of amides is 11. The van der Waals surface area contributed by atoms with Crippen LogP contribution in [0.5, 0.6) is 0 Å². The van der Waals surface area contributed by atoms with Crippen LogP contribution in [0.15, 0.2) is 18.2 Å². The van der Waals surface area contributed by atoms with Gasteiger partial charge in [0, 0.05) is 68.4 Å². The fraction of sp³-hybridized carbons (Fsp3) is 0.738. The van der Waals surface area contributed by atoms with Crippen LogP contribution >= 0.6 is 11.6 Å². The molecule has 1 fully saturated rings. The second kappa shape index (κ2) is 37.0. The molecule has 0 aliphatic carbocycles. The Kier molecular flexibility index (Phi) is 32.9. The van der Waals surface area contributed by atoms with E-state index in [0.717, 1.165) is 47.6 Å². The molecule has 2 rings (SSSR count). The highest BCUT2D eigenvalue weighted by Gasteiger charge is 2.43. The predicted molar refractivity (Wildman–Crippen MR) is 348 cm³/mol. The number of alkyl halides is 3. The van der Waals surface area contributed by atoms with Gasteiger partial charge in [-0.2, -0.15) is 13.2 Å². The predicted octanol–water partition coefficient (Wildman–Crippen LogP) is 3.74. The quantitative estimate of drug-likeness (QED) is 0.131. The molecule has 1 heterocycles. The molecule has 1 aromatic rings. The first-order valence-corrected chi connectivity index (χ1v) is 32.4. The molecule has 29 heteroatoms. The van der Waals surface area contributed by atoms with E-state index in [0.29, 0.717) is 12.8 Å². The average molecular weight is 1360 g/mol. The monoisotopic (exact) mass is 1360 g/mol. The summed E-state index contributed by atoms with van der Waals surface area (Å²) in [6.45, 7) is 18.9. The topological polar surface area (TPSA) is 297 Å². The van der Waals surface area contributed by atoms with Crippen molar-refractivity contribution in [3.63, 3.8) is 0 Å². The lowest BCUT2D eigenvalue weighted by atomic mass is 9.95. The third-order valence-corrected chi connectivity index (χ3v) is 16.7. The number of nitrogens with zero attached hydrogens (tertiary/aromatic N) is 7. The number of hydrogen-bond acceptors (Lipinski definition) is 14. The van der Waals surface area contributed by atoms with Crippen LogP contribution < -0.4 is 21.3 Å². The minimum Gasteiger partial charge on any atom is -0.388 e. The van der Waals surface area contributed by atoms with E-state index >= 15 is 4.79 Å². The third kappa shape index (κ3) is 26.2. The first-order chi connectivity index (χ1) is 43.3. The zero-order valence-corrected chi connectivity index (χ0v) is 59.6. The van der Waals surface area contributed by atoms with Crippen LogP contribution in [0.1, 0.15) is 140 Å². The van der Waals surface area contributed by atoms with Crippen molar-refractivity contribution < 1.29 is 80.5 Å². The lowest BCUT2D eigenvalue weighted by Gasteiger charge is -2.37. The maximum atomic E-state index is 15.0. The molecule has 0 radical (unpaired) electrons. The second-order valence-electron chi connectivity index (χ2n) is 27.5. The van der Waals surface area contributed by atoms with Gasteiger partial charge in [0.1, 0.15) is 41.8 Å². The van der Waals surface area contributed by atoms with Crippen LogP contribution in [-0.4, -0.2) is 253 Å². The van der Waals surface area contributed by atoms with Crippen molar-refractivity contribution in [1.29, 1.82) is 0 Å². The molecule has 1 aliphatic rings. The molecule has 0 unspecified atom stereocenters. The van der Waals surface area contributed by atoms with E-state index < -0.39 is 167 Å². The molecule has 0 spiro atoms. The fourth-order valence-corrected chi connectivity index (χ4v) is 10.6. The Hall–Kier alpha value is -6.65. The highest BCUT2D eigenvalue weighted by atomic mass is 35.5. The summed E-state index contributed by atoms with van der Waals surface area (Å²) in [6, 6.07) is -6.02. The van der Waals surface area contributed by atoms with Gasteiger partial charge in [-0.05, 0) is 108 Å². The van der Waals surface area contributed by atoms with E-state index in [4.69, 9.17) is 21.1 Å². The minimum absolute atomic E-state index is 0.107. The Labute approximate surface area is 558 Å². The van der Waals surface area contributed by atoms with Crippen LogP contribution in [0, 0.1) is 23.7 Å². The number of rotatable bonds is 18. The number of aryl methyl sites for hydroxylation is 1. The number of aliphatic hydroxyl groups is 1. The van der Waals surface area contributed by atoms with Gasteiger partial charge in [-0.15, -0.1) is 0 Å². The molecule has 25 nitrogen and oxygen atoms in total. The lowest BCUT2D eigenvalue weighted by molar-refractivity contribution is -0.150. The number of nitrogens with one attached hydrogen (secondary N) is 4. The van der Waals surface area contributed by atoms with E-state index in [2.05, 4.69) is 21.3 Å². The van der Waals surface area contributed by atoms with Gasteiger partial charge in [0.05, 0.1) is 55.6 Å². The first kappa shape index (κ1) is 83.4. The summed E-state index contributed by atoms with van der Waals surface area (Å²) in [6.07, 6.45) is -4.37. The third-order valence-electron chi connectivity index (χ3n) is 16.4. The molecule has 5 N–H and O–H groups in total. The van der Waals surface area contributed by atoms with E-state index in [-0.39, 0.29) is 75.2 Å². The van der Waals surface area contributed by atoms with Crippen molar-refractivity contribution in [2.75, 3.05) is 95.4 Å². The lowest BCUT2D eigenvalue weighted by Crippen LogP contribution is -2.63. The van der Waals surface area contributed by atoms with Crippen molar-refractivity contribution in [1.82, 2.24) is 55.6 Å². The second-order valence-corrected chi connectivity index (χ2v) is 27.9. The summed E-state index contributed by atoms with van der Waals surface area (Å²) in [5.74, 6) is -8.99. The fourth-order valence-electron chi connectivity index (χ4n) is 10.3. The van der Waals surface area contributed by atoms with Gasteiger partial charge in [0.2, 0.25) is 65.0 Å². The maximum absolute atomic E-state index is 15.0. The molecule has 1 aliphatic heterocycles. The van der Waals surface area contributed by atoms with Crippen LogP contribution in [0.3, 0.4) is 0 Å². The van der Waals surface area contributed by atoms with Crippen LogP contribution in [-0.2, 0) is 74.8 Å². The molecule has 8 atom stereocenters. The summed E-state index contributed by atoms with van der Waals surface area (Å²) in [5.41, 5.74) is -4.21. The number of carbonyl (C=O) groups is 11. The van der Waals surface area contributed by atoms with Crippen LogP contribution in [0.4, 0.5) is 13.2 Å². The van der Waals surface area contributed by atoms with Crippen molar-refractivity contribution in [2.24, 2.45) is 23.7 Å². The molecule has 0 bridgehead atoms. The van der Waals surface area contributed by atoms with Gasteiger partial charge in [-0.1, -0.05) is 79.5 Å². The van der Waals surface area contributed by atoms with Gasteiger partial charge in [-0.3, -0.25) is 52.7 Å². The number of ether oxygens (including phenoxy) is 2. The Morgan fingerprint density at radius 2 is 1.17 bits per heavy atom. The van der Waals surface area contributed by atoms with Gasteiger partial charge < -0.3 is 70.1 Å². The molecule has 94 heavy (non-hydrogen) atoms. The molecule has 1 saturated heterocycles. The van der Waals surface area contributed by atoms with Crippen LogP contribution in [0.25, 0.3) is 0 Å². The summed E-state index contributed by atoms with van der Waals surface area (Å²) >= 11 is 6.09. The maximum Gasteiger partial charge on any atom is 0.417 e. The minimum atomic E-state index is -4.80. The van der Waals surface area contributed by atoms with E-state index in [9.17, 15) is 66.2 Å². The van der Waals surface area contributed by atoms with E-state index in [1.807, 2.05) is 48.5 Å². The summed E-state index contributed by atoms with van der Waals surface area (Å²) in [4.78, 5) is 166. The number of benzene rings is 1. The largest absolute Gasteiger partial charge is 0.417 e. The number of halogens is 4. The molecule has 1 aromatic carbocycles. The highest BCUT2D eigenvalue weighted by molar-refractivity contribution is 6.31. The standard InChI is InChI=1S/C65H107ClF3N11O14/c1-21-41(8)55-61(90)76(16)33-53(83)74(14)34-54(84)78(18)50(36-93-27-26-38(2)3)60(89)75(15)32-51(81)71-46(25-23-43-22-24-44(45(66)31-43)65(67,68)69)59(88)79(19)49(35-94-37-63(10,11)92)58(87)73-64(12,13)62(91)80(20)48(29-40(6)7)56(85)70-42(9)30-52(82)77(17)47(28-39(4)5)57(86)72-55/h22,24,31,38-42,46-50,55,92H,21,23,25-30,32-37H2,1-20H3,(H,70,85)(H,71,81)(H,72,86)(H,73,87)/t41-,42+,46-,47-,48+,49-,50-,55-/m0/s1. The Morgan fingerprint density at radius 3 is 1.70 bits per heavy atom. The summed E-state index contributed by atoms with van der Waals surface area (Å²) in [5, 5.41) is 21.0. The summed E-state index contributed by atoms with van der Waals surface area (Å²) < 4.78 is 53.1. The Morgan fingerprint density at radius 1 is 0.638 bits per heavy atom. The molecule has 0 aromatic heterocycles. The molecule has 0 saturated carbocycles. The normalized spacial score (nSPS) is 23.5. The van der Waals surface area contributed by atoms with Gasteiger partial charge in [0.25, 0.3) is 0 Å². The molecule has 534 valence electrons. The zero-order valence-electron chi connectivity index (χ0n) is 58.9. The smallest absolute Gasteiger partial charge is 0.388 e. The van der Waals surface area contributed by atoms with Crippen molar-refractivity contribution in [2.45, 2.75) is 195 Å². The zero-order chi connectivity index (χ0) is 72.2. The summed E-state index contributed by atoms with van der Waals surface area (Å²) in [7, 11) is 9.25. The molecular formula is C65H107ClF3N11O14. The van der Waals surface area contributed by atoms with E-state index in [1.54, 1.807) is 13.8 Å². The molecule has 11 amide bonds. The van der Waals surface area contributed by atoms with Gasteiger partial charge in [-0.25, -0.2) is 0 Å². The number of carbonyl (C=O) groups excluding carboxylic acids is 11. The van der Waals surface area contributed by atoms with Crippen molar-refractivity contribution in [3.05, 3.63) is 34.3 Å². The first-order valence-electron chi connectivity index (χ1n) is 32.0. The Bertz CT molecular complexity index is 2780. The Balaban J connectivity index is 2.93. The number of likely N-dealkylation sites (N-methyl/N-ethyl adjacent to an activating group) is 7. The number of hydrogen-bond donors (Lipinski definition) is 5. The van der Waals surface area contributed by atoms with Crippen LogP contribution in [0.2, 0.25) is 5.02 Å². The van der Waals surface area contributed by atoms with Crippen molar-refractivity contribution in [3.8, 4) is 0 Å². The highest BCUT2D eigenvalue weighted by Crippen LogP contribution is 2.35. The van der Waals surface area contributed by atoms with Crippen molar-refractivity contribution >= 4 is 76.6 Å². The molecular weight excluding hydrogens is 1250 g/mol. The SMILES string of the molecule is CC[C@H](C)[C@@H]1NC(=O)[C@H](CC(C)C)N(C)C(=O)C[C@@H](C)NC(=O)[C@@H](CC(C)C)N(C)C(=O)C(C)(C)NC(=O)[C@H](COCC(C)(C)O)N(C)C(=O)[C@H](CCc2ccc(C(F)(F)F)c(Cl)c2)NC(=O)CN(C)C(=O)[C@H](COCCC(C)C)N(C)C(=O)CN(C)C(=O)CN(C)C1=O.